The number of aromatic nitrogens is 2. The topological polar surface area (TPSA) is 96.2 Å². The third kappa shape index (κ3) is 2.63. The van der Waals surface area contributed by atoms with Gasteiger partial charge in [-0.05, 0) is 18.4 Å². The van der Waals surface area contributed by atoms with Crippen LogP contribution in [0.2, 0.25) is 0 Å². The lowest BCUT2D eigenvalue weighted by Gasteiger charge is -2.30. The first-order chi connectivity index (χ1) is 10.2. The van der Waals surface area contributed by atoms with E-state index in [0.717, 1.165) is 11.4 Å². The van der Waals surface area contributed by atoms with E-state index in [0.29, 0.717) is 16.8 Å². The van der Waals surface area contributed by atoms with Gasteiger partial charge in [0, 0.05) is 6.07 Å². The van der Waals surface area contributed by atoms with Crippen LogP contribution in [-0.4, -0.2) is 28.7 Å². The van der Waals surface area contributed by atoms with Gasteiger partial charge in [0.25, 0.3) is 0 Å². The number of nitrogens with two attached hydrogens (primary N) is 1. The Morgan fingerprint density at radius 3 is 2.95 bits per heavy atom. The van der Waals surface area contributed by atoms with Gasteiger partial charge in [-0.3, -0.25) is 4.79 Å². The van der Waals surface area contributed by atoms with Crippen molar-refractivity contribution in [1.29, 1.82) is 0 Å². The molecule has 7 nitrogen and oxygen atoms in total. The smallest absolute Gasteiger partial charge is 0.244 e. The fraction of sp³-hybridized carbons (Fsp3) is 0.154. The zero-order chi connectivity index (χ0) is 14.8. The lowest BCUT2D eigenvalue weighted by molar-refractivity contribution is -0.115. The molecule has 0 atom stereocenters. The number of anilines is 4. The number of hydrogen-bond donors (Lipinski definition) is 3. The molecule has 2 heterocycles. The Labute approximate surface area is 125 Å². The summed E-state index contributed by atoms with van der Waals surface area (Å²) in [5.74, 6) is 6.50. The summed E-state index contributed by atoms with van der Waals surface area (Å²) >= 11 is 1.41. The van der Waals surface area contributed by atoms with E-state index in [1.165, 1.54) is 11.8 Å². The number of fused-ring (bicyclic) bond motifs is 1. The second-order valence-electron chi connectivity index (χ2n) is 4.39. The van der Waals surface area contributed by atoms with E-state index in [-0.39, 0.29) is 12.5 Å². The van der Waals surface area contributed by atoms with E-state index >= 15 is 0 Å². The second kappa shape index (κ2) is 5.58. The quantitative estimate of drug-likeness (QED) is 0.343. The maximum atomic E-state index is 11.9. The summed E-state index contributed by atoms with van der Waals surface area (Å²) in [5, 5.41) is 3.43. The average molecular weight is 302 g/mol. The van der Waals surface area contributed by atoms with Gasteiger partial charge in [0.05, 0.1) is 11.4 Å². The summed E-state index contributed by atoms with van der Waals surface area (Å²) in [7, 11) is 0. The Morgan fingerprint density at radius 1 is 1.38 bits per heavy atom. The number of carbonyl (C=O) groups is 1. The molecule has 0 fully saturated rings. The van der Waals surface area contributed by atoms with E-state index in [9.17, 15) is 4.79 Å². The summed E-state index contributed by atoms with van der Waals surface area (Å²) in [6.45, 7) is 0.200. The molecule has 0 spiro atoms. The molecule has 1 aliphatic heterocycles. The lowest BCUT2D eigenvalue weighted by atomic mass is 10.2. The Kier molecular flexibility index (Phi) is 3.63. The predicted molar refractivity (Wildman–Crippen MR) is 83.7 cm³/mol. The van der Waals surface area contributed by atoms with Crippen molar-refractivity contribution in [3.05, 3.63) is 30.3 Å². The molecule has 0 saturated carbocycles. The van der Waals surface area contributed by atoms with Crippen LogP contribution in [0.15, 0.2) is 35.5 Å². The number of carbonyl (C=O) groups excluding carboxylic acids is 1. The number of nitrogen functional groups attached to an aromatic ring is 1. The van der Waals surface area contributed by atoms with Crippen molar-refractivity contribution in [3.63, 3.8) is 0 Å². The third-order valence-corrected chi connectivity index (χ3v) is 3.62. The molecule has 8 heteroatoms. The highest BCUT2D eigenvalue weighted by Crippen LogP contribution is 2.34. The molecule has 4 N–H and O–H groups in total. The van der Waals surface area contributed by atoms with Crippen LogP contribution in [0.3, 0.4) is 0 Å². The average Bonchev–Trinajstić information content (AvgIpc) is 2.53. The molecular weight excluding hydrogens is 288 g/mol. The molecule has 1 amide bonds. The second-order valence-corrected chi connectivity index (χ2v) is 5.17. The van der Waals surface area contributed by atoms with Crippen molar-refractivity contribution >= 4 is 40.7 Å². The van der Waals surface area contributed by atoms with Crippen molar-refractivity contribution in [2.45, 2.75) is 5.16 Å². The highest BCUT2D eigenvalue weighted by atomic mass is 32.2. The number of hydrogen-bond acceptors (Lipinski definition) is 7. The number of para-hydroxylation sites is 2. The summed E-state index contributed by atoms with van der Waals surface area (Å²) in [4.78, 5) is 22.4. The zero-order valence-corrected chi connectivity index (χ0v) is 12.1. The first-order valence-electron chi connectivity index (χ1n) is 6.27. The summed E-state index contributed by atoms with van der Waals surface area (Å²) < 4.78 is 0. The van der Waals surface area contributed by atoms with Gasteiger partial charge in [-0.25, -0.2) is 15.8 Å². The lowest BCUT2D eigenvalue weighted by Crippen LogP contribution is -2.35. The van der Waals surface area contributed by atoms with Gasteiger partial charge in [0.15, 0.2) is 5.16 Å². The third-order valence-electron chi connectivity index (χ3n) is 3.07. The standard InChI is InChI=1S/C13H14N6OS/c1-21-13-16-10(18-14)6-11(17-13)19-7-12(20)15-8-4-2-3-5-9(8)19/h2-6H,7,14H2,1H3,(H,15,20)(H,16,17,18). The van der Waals surface area contributed by atoms with Crippen molar-refractivity contribution in [1.82, 2.24) is 9.97 Å². The number of nitrogens with zero attached hydrogens (tertiary/aromatic N) is 3. The zero-order valence-electron chi connectivity index (χ0n) is 11.3. The summed E-state index contributed by atoms with van der Waals surface area (Å²) in [6.07, 6.45) is 1.89. The van der Waals surface area contributed by atoms with Gasteiger partial charge in [-0.15, -0.1) is 0 Å². The maximum absolute atomic E-state index is 11.9. The fourth-order valence-electron chi connectivity index (χ4n) is 2.15. The van der Waals surface area contributed by atoms with E-state index in [4.69, 9.17) is 5.84 Å². The first-order valence-corrected chi connectivity index (χ1v) is 7.50. The molecule has 2 aromatic rings. The molecule has 3 rings (SSSR count). The normalized spacial score (nSPS) is 13.6. The van der Waals surface area contributed by atoms with Crippen molar-refractivity contribution < 1.29 is 4.79 Å². The number of rotatable bonds is 3. The SMILES string of the molecule is CSc1nc(NN)cc(N2CC(=O)Nc3ccccc32)n1. The Balaban J connectivity index is 2.10. The van der Waals surface area contributed by atoms with Crippen LogP contribution < -0.4 is 21.5 Å². The first kappa shape index (κ1) is 13.7. The van der Waals surface area contributed by atoms with Gasteiger partial charge in [-0.1, -0.05) is 23.9 Å². The van der Waals surface area contributed by atoms with Crippen molar-refractivity contribution in [2.75, 3.05) is 28.4 Å². The highest BCUT2D eigenvalue weighted by molar-refractivity contribution is 7.98. The number of nitrogens with one attached hydrogen (secondary N) is 2. The molecule has 1 aromatic heterocycles. The minimum Gasteiger partial charge on any atom is -0.323 e. The molecular formula is C13H14N6OS. The molecule has 0 unspecified atom stereocenters. The molecule has 0 bridgehead atoms. The highest BCUT2D eigenvalue weighted by Gasteiger charge is 2.24. The Hall–Kier alpha value is -2.32. The van der Waals surface area contributed by atoms with Crippen LogP contribution in [0.4, 0.5) is 23.0 Å². The van der Waals surface area contributed by atoms with Crippen molar-refractivity contribution in [2.24, 2.45) is 5.84 Å². The van der Waals surface area contributed by atoms with E-state index in [2.05, 4.69) is 20.7 Å². The van der Waals surface area contributed by atoms with Crippen LogP contribution >= 0.6 is 11.8 Å². The van der Waals surface area contributed by atoms with E-state index < -0.39 is 0 Å². The maximum Gasteiger partial charge on any atom is 0.244 e. The van der Waals surface area contributed by atoms with Crippen LogP contribution in [0.5, 0.6) is 0 Å². The molecule has 0 aliphatic carbocycles. The Morgan fingerprint density at radius 2 is 2.19 bits per heavy atom. The van der Waals surface area contributed by atoms with Crippen LogP contribution in [0.25, 0.3) is 0 Å². The molecule has 0 saturated heterocycles. The van der Waals surface area contributed by atoms with Crippen LogP contribution in [0, 0.1) is 0 Å². The van der Waals surface area contributed by atoms with Gasteiger partial charge < -0.3 is 15.6 Å². The summed E-state index contributed by atoms with van der Waals surface area (Å²) in [5.41, 5.74) is 4.18. The van der Waals surface area contributed by atoms with Gasteiger partial charge in [-0.2, -0.15) is 0 Å². The van der Waals surface area contributed by atoms with E-state index in [1.807, 2.05) is 35.4 Å². The predicted octanol–water partition coefficient (Wildman–Crippen LogP) is 1.57. The van der Waals surface area contributed by atoms with E-state index in [1.54, 1.807) is 6.07 Å². The van der Waals surface area contributed by atoms with Crippen LogP contribution in [0.1, 0.15) is 0 Å². The van der Waals surface area contributed by atoms with Gasteiger partial charge in [0.2, 0.25) is 5.91 Å². The van der Waals surface area contributed by atoms with Gasteiger partial charge >= 0.3 is 0 Å². The number of hydrazine groups is 1. The number of benzene rings is 1. The fourth-order valence-corrected chi connectivity index (χ4v) is 2.53. The molecule has 21 heavy (non-hydrogen) atoms. The Bertz CT molecular complexity index is 670. The van der Waals surface area contributed by atoms with Crippen LogP contribution in [-0.2, 0) is 4.79 Å². The molecule has 1 aliphatic rings. The molecule has 108 valence electrons. The molecule has 0 radical (unpaired) electrons. The monoisotopic (exact) mass is 302 g/mol. The van der Waals surface area contributed by atoms with Gasteiger partial charge in [0.1, 0.15) is 18.2 Å². The number of amides is 1. The number of thioether (sulfide) groups is 1. The minimum atomic E-state index is -0.0831. The minimum absolute atomic E-state index is 0.0831. The molecule has 1 aromatic carbocycles. The largest absolute Gasteiger partial charge is 0.323 e. The summed E-state index contributed by atoms with van der Waals surface area (Å²) in [6, 6.07) is 9.31. The van der Waals surface area contributed by atoms with Crippen molar-refractivity contribution in [3.8, 4) is 0 Å².